The van der Waals surface area contributed by atoms with E-state index >= 15 is 0 Å². The van der Waals surface area contributed by atoms with Gasteiger partial charge in [-0.2, -0.15) is 0 Å². The van der Waals surface area contributed by atoms with Gasteiger partial charge in [0.15, 0.2) is 0 Å². The molecule has 0 saturated carbocycles. The fraction of sp³-hybridized carbons (Fsp3) is 0. The smallest absolute Gasteiger partial charge is 0.115 e. The minimum absolute atomic E-state index is 0.321. The zero-order valence-electron chi connectivity index (χ0n) is 8.72. The first kappa shape index (κ1) is 11.8. The van der Waals surface area contributed by atoms with Gasteiger partial charge in [-0.25, -0.2) is 9.97 Å². The van der Waals surface area contributed by atoms with E-state index in [1.54, 1.807) is 24.5 Å². The van der Waals surface area contributed by atoms with Crippen LogP contribution >= 0.6 is 23.8 Å². The van der Waals surface area contributed by atoms with E-state index in [0.717, 1.165) is 16.9 Å². The van der Waals surface area contributed by atoms with Crippen LogP contribution in [0.1, 0.15) is 5.56 Å². The molecule has 0 atom stereocenters. The summed E-state index contributed by atoms with van der Waals surface area (Å²) in [6, 6.07) is 5.33. The number of rotatable bonds is 3. The molecule has 0 unspecified atom stereocenters. The Bertz CT molecular complexity index is 544. The number of nitrogens with zero attached hydrogens (tertiary/aromatic N) is 2. The largest absolute Gasteiger partial charge is 0.389 e. The lowest BCUT2D eigenvalue weighted by Crippen LogP contribution is -2.09. The van der Waals surface area contributed by atoms with Crippen LogP contribution < -0.4 is 11.1 Å². The van der Waals surface area contributed by atoms with Crippen molar-refractivity contribution in [2.75, 3.05) is 5.32 Å². The molecule has 6 heteroatoms. The first-order valence-corrected chi connectivity index (χ1v) is 5.57. The van der Waals surface area contributed by atoms with Crippen molar-refractivity contribution in [3.05, 3.63) is 47.5 Å². The van der Waals surface area contributed by atoms with Crippen molar-refractivity contribution in [2.45, 2.75) is 0 Å². The van der Waals surface area contributed by atoms with Gasteiger partial charge in [0, 0.05) is 5.56 Å². The molecule has 4 nitrogen and oxygen atoms in total. The van der Waals surface area contributed by atoms with Crippen molar-refractivity contribution in [1.82, 2.24) is 9.97 Å². The first-order valence-electron chi connectivity index (χ1n) is 4.78. The highest BCUT2D eigenvalue weighted by Gasteiger charge is 2.04. The predicted octanol–water partition coefficient (Wildman–Crippen LogP) is 2.51. The van der Waals surface area contributed by atoms with Gasteiger partial charge in [0.2, 0.25) is 0 Å². The fourth-order valence-electron chi connectivity index (χ4n) is 1.29. The number of nitrogens with two attached hydrogens (primary N) is 1. The summed E-state index contributed by atoms with van der Waals surface area (Å²) in [7, 11) is 0. The molecule has 0 bridgehead atoms. The number of nitrogens with one attached hydrogen (secondary N) is 1. The molecule has 2 rings (SSSR count). The lowest BCUT2D eigenvalue weighted by atomic mass is 10.2. The van der Waals surface area contributed by atoms with Crippen LogP contribution in [-0.4, -0.2) is 15.0 Å². The van der Waals surface area contributed by atoms with Gasteiger partial charge >= 0.3 is 0 Å². The van der Waals surface area contributed by atoms with E-state index in [4.69, 9.17) is 29.6 Å². The summed E-state index contributed by atoms with van der Waals surface area (Å²) in [5.74, 6) is 0. The molecule has 86 valence electrons. The Morgan fingerprint density at radius 3 is 2.59 bits per heavy atom. The highest BCUT2D eigenvalue weighted by molar-refractivity contribution is 7.80. The van der Waals surface area contributed by atoms with Crippen LogP contribution in [-0.2, 0) is 0 Å². The second kappa shape index (κ2) is 5.07. The van der Waals surface area contributed by atoms with E-state index in [0.29, 0.717) is 10.0 Å². The monoisotopic (exact) mass is 264 g/mol. The van der Waals surface area contributed by atoms with Crippen molar-refractivity contribution in [2.24, 2.45) is 5.73 Å². The molecule has 1 aromatic heterocycles. The summed E-state index contributed by atoms with van der Waals surface area (Å²) < 4.78 is 0. The topological polar surface area (TPSA) is 63.8 Å². The number of hydrogen-bond donors (Lipinski definition) is 2. The lowest BCUT2D eigenvalue weighted by Gasteiger charge is -2.08. The standard InChI is InChI=1S/C11H9ClN4S/c12-9-3-7(11(13)17)1-2-10(9)16-8-4-14-6-15-5-8/h1-6,16H,(H2,13,17). The summed E-state index contributed by atoms with van der Waals surface area (Å²) in [6.45, 7) is 0. The van der Waals surface area contributed by atoms with Crippen molar-refractivity contribution < 1.29 is 0 Å². The first-order chi connectivity index (χ1) is 8.16. The van der Waals surface area contributed by atoms with Gasteiger partial charge in [-0.1, -0.05) is 23.8 Å². The molecule has 1 aromatic carbocycles. The summed E-state index contributed by atoms with van der Waals surface area (Å²) in [5.41, 5.74) is 7.77. The molecule has 1 heterocycles. The summed E-state index contributed by atoms with van der Waals surface area (Å²) in [4.78, 5) is 8.12. The minimum atomic E-state index is 0.321. The molecule has 0 aliphatic carbocycles. The average Bonchev–Trinajstić information content (AvgIpc) is 2.33. The normalized spacial score (nSPS) is 9.94. The SMILES string of the molecule is NC(=S)c1ccc(Nc2cncnc2)c(Cl)c1. The van der Waals surface area contributed by atoms with Crippen LogP contribution in [0.5, 0.6) is 0 Å². The molecular weight excluding hydrogens is 256 g/mol. The van der Waals surface area contributed by atoms with Crippen LogP contribution in [0.15, 0.2) is 36.9 Å². The number of thiocarbonyl (C=S) groups is 1. The number of halogens is 1. The Hall–Kier alpha value is -1.72. The van der Waals surface area contributed by atoms with Crippen LogP contribution in [0, 0.1) is 0 Å². The zero-order chi connectivity index (χ0) is 12.3. The van der Waals surface area contributed by atoms with Gasteiger partial charge in [0.25, 0.3) is 0 Å². The third kappa shape index (κ3) is 2.89. The Morgan fingerprint density at radius 1 is 1.29 bits per heavy atom. The fourth-order valence-corrected chi connectivity index (χ4v) is 1.64. The molecule has 0 amide bonds. The average molecular weight is 265 g/mol. The molecule has 0 fully saturated rings. The van der Waals surface area contributed by atoms with Crippen LogP contribution in [0.4, 0.5) is 11.4 Å². The molecule has 0 radical (unpaired) electrons. The van der Waals surface area contributed by atoms with E-state index in [1.807, 2.05) is 6.07 Å². The maximum absolute atomic E-state index is 6.10. The Morgan fingerprint density at radius 2 is 2.00 bits per heavy atom. The summed E-state index contributed by atoms with van der Waals surface area (Å²) >= 11 is 11.0. The molecule has 0 spiro atoms. The van der Waals surface area contributed by atoms with E-state index in [9.17, 15) is 0 Å². The van der Waals surface area contributed by atoms with E-state index in [2.05, 4.69) is 15.3 Å². The predicted molar refractivity (Wildman–Crippen MR) is 72.7 cm³/mol. The van der Waals surface area contributed by atoms with Gasteiger partial charge in [-0.05, 0) is 18.2 Å². The van der Waals surface area contributed by atoms with Crippen molar-refractivity contribution in [1.29, 1.82) is 0 Å². The molecule has 17 heavy (non-hydrogen) atoms. The van der Waals surface area contributed by atoms with Gasteiger partial charge in [0.05, 0.1) is 28.8 Å². The Balaban J connectivity index is 2.26. The Kier molecular flexibility index (Phi) is 3.51. The summed E-state index contributed by atoms with van der Waals surface area (Å²) in [5, 5.41) is 3.64. The molecule has 0 aliphatic heterocycles. The molecule has 0 saturated heterocycles. The molecule has 2 aromatic rings. The highest BCUT2D eigenvalue weighted by atomic mass is 35.5. The number of hydrogen-bond acceptors (Lipinski definition) is 4. The Labute approximate surface area is 109 Å². The number of anilines is 2. The third-order valence-electron chi connectivity index (χ3n) is 2.09. The highest BCUT2D eigenvalue weighted by Crippen LogP contribution is 2.25. The lowest BCUT2D eigenvalue weighted by molar-refractivity contribution is 1.17. The second-order valence-electron chi connectivity index (χ2n) is 3.31. The maximum atomic E-state index is 6.10. The van der Waals surface area contributed by atoms with Gasteiger partial charge < -0.3 is 11.1 Å². The van der Waals surface area contributed by atoms with E-state index in [-0.39, 0.29) is 0 Å². The third-order valence-corrected chi connectivity index (χ3v) is 2.64. The van der Waals surface area contributed by atoms with E-state index < -0.39 is 0 Å². The van der Waals surface area contributed by atoms with Gasteiger partial charge in [0.1, 0.15) is 11.3 Å². The summed E-state index contributed by atoms with van der Waals surface area (Å²) in [6.07, 6.45) is 4.78. The van der Waals surface area contributed by atoms with Crippen molar-refractivity contribution in [3.63, 3.8) is 0 Å². The second-order valence-corrected chi connectivity index (χ2v) is 4.16. The molecular formula is C11H9ClN4S. The van der Waals surface area contributed by atoms with Crippen LogP contribution in [0.2, 0.25) is 5.02 Å². The molecule has 3 N–H and O–H groups in total. The number of aromatic nitrogens is 2. The minimum Gasteiger partial charge on any atom is -0.389 e. The van der Waals surface area contributed by atoms with Crippen molar-refractivity contribution in [3.8, 4) is 0 Å². The van der Waals surface area contributed by atoms with Crippen LogP contribution in [0.3, 0.4) is 0 Å². The number of benzene rings is 1. The molecule has 0 aliphatic rings. The quantitative estimate of drug-likeness (QED) is 0.834. The van der Waals surface area contributed by atoms with Crippen LogP contribution in [0.25, 0.3) is 0 Å². The van der Waals surface area contributed by atoms with E-state index in [1.165, 1.54) is 6.33 Å². The maximum Gasteiger partial charge on any atom is 0.115 e. The van der Waals surface area contributed by atoms with Crippen molar-refractivity contribution >= 4 is 40.2 Å². The van der Waals surface area contributed by atoms with Gasteiger partial charge in [-0.15, -0.1) is 0 Å². The van der Waals surface area contributed by atoms with Gasteiger partial charge in [-0.3, -0.25) is 0 Å². The zero-order valence-corrected chi connectivity index (χ0v) is 10.3.